The monoisotopic (exact) mass is 410 g/mol. The van der Waals surface area contributed by atoms with E-state index >= 15 is 0 Å². The molecule has 0 saturated carbocycles. The second kappa shape index (κ2) is 7.92. The van der Waals surface area contributed by atoms with E-state index in [0.717, 1.165) is 29.7 Å². The lowest BCUT2D eigenvalue weighted by atomic mass is 10.2. The van der Waals surface area contributed by atoms with E-state index in [1.165, 1.54) is 6.07 Å². The summed E-state index contributed by atoms with van der Waals surface area (Å²) in [5.41, 5.74) is 1.54. The minimum absolute atomic E-state index is 0.145. The van der Waals surface area contributed by atoms with Gasteiger partial charge in [0.2, 0.25) is 10.0 Å². The molecule has 2 aromatic carbocycles. The molecule has 0 spiro atoms. The molecule has 26 heavy (non-hydrogen) atoms. The number of aromatic nitrogens is 1. The highest BCUT2D eigenvalue weighted by Gasteiger charge is 2.16. The molecule has 0 bridgehead atoms. The number of sulfonamides is 1. The molecule has 1 heterocycles. The number of fused-ring (bicyclic) bond motifs is 1. The van der Waals surface area contributed by atoms with Crippen LogP contribution in [0.25, 0.3) is 10.2 Å². The molecule has 5 nitrogen and oxygen atoms in total. The Kier molecular flexibility index (Phi) is 5.82. The molecule has 0 atom stereocenters. The minimum Gasteiger partial charge on any atom is -0.294 e. The molecule has 0 fully saturated rings. The van der Waals surface area contributed by atoms with Gasteiger partial charge in [-0.2, -0.15) is 0 Å². The van der Waals surface area contributed by atoms with Gasteiger partial charge in [0.25, 0.3) is 0 Å². The fourth-order valence-electron chi connectivity index (χ4n) is 2.63. The number of benzene rings is 2. The number of hydrogen-bond donors (Lipinski definition) is 1. The Hall–Kier alpha value is -1.67. The van der Waals surface area contributed by atoms with E-state index in [4.69, 9.17) is 11.6 Å². The van der Waals surface area contributed by atoms with E-state index in [1.807, 2.05) is 25.1 Å². The largest absolute Gasteiger partial charge is 0.308 e. The molecule has 0 aliphatic carbocycles. The minimum atomic E-state index is -3.57. The second-order valence-corrected chi connectivity index (χ2v) is 9.09. The van der Waals surface area contributed by atoms with Crippen molar-refractivity contribution in [3.8, 4) is 0 Å². The molecule has 0 saturated heterocycles. The molecule has 0 amide bonds. The molecule has 0 unspecified atom stereocenters. The Labute approximate surface area is 161 Å². The van der Waals surface area contributed by atoms with Crippen molar-refractivity contribution in [3.63, 3.8) is 0 Å². The van der Waals surface area contributed by atoms with Crippen molar-refractivity contribution in [2.75, 3.05) is 6.54 Å². The maximum absolute atomic E-state index is 12.4. The highest BCUT2D eigenvalue weighted by molar-refractivity contribution is 7.89. The van der Waals surface area contributed by atoms with E-state index in [2.05, 4.69) is 4.72 Å². The predicted molar refractivity (Wildman–Crippen MR) is 107 cm³/mol. The van der Waals surface area contributed by atoms with Crippen LogP contribution in [0.2, 0.25) is 5.02 Å². The highest BCUT2D eigenvalue weighted by atomic mass is 35.5. The molecule has 0 aliphatic heterocycles. The van der Waals surface area contributed by atoms with Gasteiger partial charge in [-0.1, -0.05) is 54.5 Å². The zero-order valence-corrected chi connectivity index (χ0v) is 16.6. The first-order valence-electron chi connectivity index (χ1n) is 8.29. The Bertz CT molecular complexity index is 1090. The van der Waals surface area contributed by atoms with Crippen LogP contribution in [0.4, 0.5) is 0 Å². The van der Waals surface area contributed by atoms with Gasteiger partial charge in [-0.05, 0) is 36.2 Å². The summed E-state index contributed by atoms with van der Waals surface area (Å²) in [4.78, 5) is 12.4. The third kappa shape index (κ3) is 4.01. The van der Waals surface area contributed by atoms with Crippen molar-refractivity contribution >= 4 is 43.2 Å². The smallest absolute Gasteiger partial charge is 0.294 e. The van der Waals surface area contributed by atoms with Gasteiger partial charge in [0.1, 0.15) is 0 Å². The topological polar surface area (TPSA) is 68.2 Å². The van der Waals surface area contributed by atoms with Gasteiger partial charge in [-0.25, -0.2) is 13.1 Å². The first-order chi connectivity index (χ1) is 12.4. The van der Waals surface area contributed by atoms with Gasteiger partial charge in [0, 0.05) is 11.6 Å². The summed E-state index contributed by atoms with van der Waals surface area (Å²) in [5, 5.41) is 0.595. The molecule has 1 aromatic heterocycles. The van der Waals surface area contributed by atoms with Crippen molar-refractivity contribution in [1.82, 2.24) is 9.29 Å². The van der Waals surface area contributed by atoms with E-state index < -0.39 is 10.0 Å². The summed E-state index contributed by atoms with van der Waals surface area (Å²) in [6.07, 6.45) is 1.69. The maximum Gasteiger partial charge on any atom is 0.308 e. The average Bonchev–Trinajstić information content (AvgIpc) is 2.92. The molecule has 1 N–H and O–H groups in total. The number of nitrogens with one attached hydrogen (secondary N) is 1. The summed E-state index contributed by atoms with van der Waals surface area (Å²) in [7, 11) is -3.57. The van der Waals surface area contributed by atoms with Gasteiger partial charge >= 0.3 is 4.87 Å². The van der Waals surface area contributed by atoms with Crippen LogP contribution in [0.5, 0.6) is 0 Å². The fourth-order valence-corrected chi connectivity index (χ4v) is 4.93. The summed E-state index contributed by atoms with van der Waals surface area (Å²) < 4.78 is 29.6. The van der Waals surface area contributed by atoms with Gasteiger partial charge in [-0.15, -0.1) is 0 Å². The van der Waals surface area contributed by atoms with Crippen molar-refractivity contribution in [3.05, 3.63) is 62.7 Å². The number of nitrogens with zero attached hydrogens (tertiary/aromatic N) is 1. The van der Waals surface area contributed by atoms with E-state index in [1.54, 1.807) is 22.8 Å². The van der Waals surface area contributed by atoms with Crippen LogP contribution in [0, 0.1) is 0 Å². The number of unbranched alkanes of at least 4 members (excludes halogenated alkanes) is 1. The van der Waals surface area contributed by atoms with Crippen LogP contribution in [0.3, 0.4) is 0 Å². The molecule has 0 aliphatic rings. The Morgan fingerprint density at radius 1 is 1.19 bits per heavy atom. The van der Waals surface area contributed by atoms with Crippen LogP contribution in [0.1, 0.15) is 25.3 Å². The highest BCUT2D eigenvalue weighted by Crippen LogP contribution is 2.24. The standard InChI is InChI=1S/C18H19ClN2O3S2/c1-2-3-10-20-26(23,24)14-8-9-16-17(11-14)25-18(22)21(16)12-13-6-4-5-7-15(13)19/h4-9,11,20H,2-3,10,12H2,1H3. The second-order valence-electron chi connectivity index (χ2n) is 5.93. The zero-order chi connectivity index (χ0) is 18.7. The molecule has 3 aromatic rings. The lowest BCUT2D eigenvalue weighted by Crippen LogP contribution is -2.24. The summed E-state index contributed by atoms with van der Waals surface area (Å²) in [6, 6.07) is 12.1. The molecule has 3 rings (SSSR count). The number of thiazole rings is 1. The Morgan fingerprint density at radius 3 is 2.69 bits per heavy atom. The average molecular weight is 411 g/mol. The predicted octanol–water partition coefficient (Wildman–Crippen LogP) is 3.84. The van der Waals surface area contributed by atoms with Gasteiger partial charge < -0.3 is 0 Å². The number of hydrogen-bond acceptors (Lipinski definition) is 4. The lowest BCUT2D eigenvalue weighted by molar-refractivity contribution is 0.578. The summed E-state index contributed by atoms with van der Waals surface area (Å²) in [5.74, 6) is 0. The molecular formula is C18H19ClN2O3S2. The van der Waals surface area contributed by atoms with Gasteiger partial charge in [0.15, 0.2) is 0 Å². The van der Waals surface area contributed by atoms with Crippen LogP contribution in [0.15, 0.2) is 52.2 Å². The lowest BCUT2D eigenvalue weighted by Gasteiger charge is -2.08. The van der Waals surface area contributed by atoms with E-state index in [0.29, 0.717) is 28.3 Å². The van der Waals surface area contributed by atoms with Gasteiger partial charge in [-0.3, -0.25) is 9.36 Å². The number of rotatable bonds is 7. The fraction of sp³-hybridized carbons (Fsp3) is 0.278. The Morgan fingerprint density at radius 2 is 1.96 bits per heavy atom. The van der Waals surface area contributed by atoms with Crippen molar-refractivity contribution in [2.24, 2.45) is 0 Å². The van der Waals surface area contributed by atoms with Crippen LogP contribution < -0.4 is 9.60 Å². The summed E-state index contributed by atoms with van der Waals surface area (Å²) in [6.45, 7) is 2.75. The first-order valence-corrected chi connectivity index (χ1v) is 11.0. The summed E-state index contributed by atoms with van der Waals surface area (Å²) >= 11 is 7.23. The van der Waals surface area contributed by atoms with Crippen molar-refractivity contribution in [2.45, 2.75) is 31.2 Å². The Balaban J connectivity index is 1.96. The van der Waals surface area contributed by atoms with Gasteiger partial charge in [0.05, 0.1) is 21.7 Å². The normalized spacial score (nSPS) is 11.9. The third-order valence-corrected chi connectivity index (χ3v) is 6.83. The number of halogens is 1. The molecular weight excluding hydrogens is 392 g/mol. The van der Waals surface area contributed by atoms with Crippen LogP contribution >= 0.6 is 22.9 Å². The first kappa shape index (κ1) is 19.1. The maximum atomic E-state index is 12.4. The third-order valence-electron chi connectivity index (χ3n) is 4.06. The quantitative estimate of drug-likeness (QED) is 0.601. The molecule has 138 valence electrons. The zero-order valence-electron chi connectivity index (χ0n) is 14.2. The van der Waals surface area contributed by atoms with Crippen LogP contribution in [-0.4, -0.2) is 19.5 Å². The van der Waals surface area contributed by atoms with E-state index in [-0.39, 0.29) is 9.77 Å². The van der Waals surface area contributed by atoms with Crippen molar-refractivity contribution < 1.29 is 8.42 Å². The molecule has 0 radical (unpaired) electrons. The molecule has 8 heteroatoms. The van der Waals surface area contributed by atoms with Crippen LogP contribution in [-0.2, 0) is 16.6 Å². The van der Waals surface area contributed by atoms with E-state index in [9.17, 15) is 13.2 Å². The van der Waals surface area contributed by atoms with Crippen molar-refractivity contribution in [1.29, 1.82) is 0 Å². The SMILES string of the molecule is CCCCNS(=O)(=O)c1ccc2c(c1)sc(=O)n2Cc1ccccc1Cl.